The van der Waals surface area contributed by atoms with Crippen molar-refractivity contribution >= 4 is 29.2 Å². The smallest absolute Gasteiger partial charge is 0.355 e. The predicted molar refractivity (Wildman–Crippen MR) is 122 cm³/mol. The first-order chi connectivity index (χ1) is 15.2. The van der Waals surface area contributed by atoms with Crippen molar-refractivity contribution in [1.29, 1.82) is 0 Å². The molecule has 0 saturated carbocycles. The van der Waals surface area contributed by atoms with Crippen LogP contribution in [0.2, 0.25) is 0 Å². The normalized spacial score (nSPS) is 13.4. The average molecular weight is 442 g/mol. The van der Waals surface area contributed by atoms with E-state index in [1.807, 2.05) is 19.1 Å². The van der Waals surface area contributed by atoms with Gasteiger partial charge in [-0.25, -0.2) is 9.59 Å². The molecule has 1 aliphatic rings. The van der Waals surface area contributed by atoms with Crippen LogP contribution in [0.15, 0.2) is 18.2 Å². The Morgan fingerprint density at radius 1 is 1.09 bits per heavy atom. The lowest BCUT2D eigenvalue weighted by Crippen LogP contribution is -2.22. The number of H-pyrrole nitrogens is 1. The zero-order valence-corrected chi connectivity index (χ0v) is 19.3. The highest BCUT2D eigenvalue weighted by Gasteiger charge is 2.25. The van der Waals surface area contributed by atoms with Crippen LogP contribution < -0.4 is 10.2 Å². The molecule has 1 amide bonds. The van der Waals surface area contributed by atoms with Gasteiger partial charge < -0.3 is 24.7 Å². The van der Waals surface area contributed by atoms with E-state index in [1.165, 1.54) is 12.8 Å². The molecule has 32 heavy (non-hydrogen) atoms. The molecular weight excluding hydrogens is 410 g/mol. The summed E-state index contributed by atoms with van der Waals surface area (Å²) in [5, 5.41) is 2.79. The van der Waals surface area contributed by atoms with Crippen LogP contribution in [0.1, 0.15) is 64.4 Å². The fourth-order valence-electron chi connectivity index (χ4n) is 3.88. The summed E-state index contributed by atoms with van der Waals surface area (Å²) in [5.41, 5.74) is 4.16. The summed E-state index contributed by atoms with van der Waals surface area (Å²) < 4.78 is 10.4. The second kappa shape index (κ2) is 9.89. The maximum atomic E-state index is 12.5. The molecule has 8 nitrogen and oxygen atoms in total. The van der Waals surface area contributed by atoms with Crippen LogP contribution in [0, 0.1) is 20.8 Å². The Hall–Kier alpha value is -3.29. The van der Waals surface area contributed by atoms with Crippen molar-refractivity contribution in [2.45, 2.75) is 53.6 Å². The van der Waals surface area contributed by atoms with Crippen molar-refractivity contribution in [3.63, 3.8) is 0 Å². The molecule has 0 radical (unpaired) electrons. The third-order valence-corrected chi connectivity index (χ3v) is 5.48. The highest BCUT2D eigenvalue weighted by Crippen LogP contribution is 2.25. The van der Waals surface area contributed by atoms with Gasteiger partial charge in [0.25, 0.3) is 5.91 Å². The summed E-state index contributed by atoms with van der Waals surface area (Å²) in [5.74, 6) is -1.64. The van der Waals surface area contributed by atoms with Gasteiger partial charge in [-0.3, -0.25) is 4.79 Å². The predicted octanol–water partition coefficient (Wildman–Crippen LogP) is 3.90. The number of ether oxygens (including phenoxy) is 2. The van der Waals surface area contributed by atoms with E-state index in [0.717, 1.165) is 24.3 Å². The summed E-state index contributed by atoms with van der Waals surface area (Å²) in [6.45, 7) is 10.4. The van der Waals surface area contributed by atoms with E-state index in [2.05, 4.69) is 21.3 Å². The number of benzene rings is 1. The molecule has 172 valence electrons. The minimum atomic E-state index is -0.703. The maximum absolute atomic E-state index is 12.5. The van der Waals surface area contributed by atoms with Crippen molar-refractivity contribution in [3.8, 4) is 0 Å². The number of hydrogen-bond donors (Lipinski definition) is 2. The molecule has 1 saturated heterocycles. The van der Waals surface area contributed by atoms with E-state index in [1.54, 1.807) is 27.7 Å². The van der Waals surface area contributed by atoms with Crippen LogP contribution in [0.5, 0.6) is 0 Å². The first-order valence-electron chi connectivity index (χ1n) is 10.9. The Labute approximate surface area is 188 Å². The average Bonchev–Trinajstić information content (AvgIpc) is 3.35. The van der Waals surface area contributed by atoms with Crippen LogP contribution in [-0.2, 0) is 14.3 Å². The summed E-state index contributed by atoms with van der Waals surface area (Å²) >= 11 is 0. The topological polar surface area (TPSA) is 101 Å². The Bertz CT molecular complexity index is 1020. The molecular formula is C24H31N3O5. The monoisotopic (exact) mass is 441 g/mol. The van der Waals surface area contributed by atoms with E-state index in [-0.39, 0.29) is 11.8 Å². The van der Waals surface area contributed by atoms with Crippen molar-refractivity contribution in [2.75, 3.05) is 29.9 Å². The third kappa shape index (κ3) is 5.30. The van der Waals surface area contributed by atoms with Crippen LogP contribution in [-0.4, -0.2) is 48.6 Å². The molecule has 0 atom stereocenters. The summed E-state index contributed by atoms with van der Waals surface area (Å²) in [6, 6.07) is 5.91. The van der Waals surface area contributed by atoms with Gasteiger partial charge in [-0.05, 0) is 76.8 Å². The number of aromatic amines is 1. The molecule has 2 heterocycles. The molecule has 0 unspecified atom stereocenters. The SMILES string of the molecule is Cc1cc(N2CCCC2)ccc1NC(=O)COC(=O)c1[nH]c(C)c(C(=O)OC(C)C)c1C. The second-order valence-corrected chi connectivity index (χ2v) is 8.40. The number of nitrogens with one attached hydrogen (secondary N) is 2. The minimum Gasteiger partial charge on any atom is -0.459 e. The lowest BCUT2D eigenvalue weighted by Gasteiger charge is -2.19. The Morgan fingerprint density at radius 3 is 2.41 bits per heavy atom. The van der Waals surface area contributed by atoms with Crippen LogP contribution in [0.25, 0.3) is 0 Å². The van der Waals surface area contributed by atoms with Gasteiger partial charge >= 0.3 is 11.9 Å². The highest BCUT2D eigenvalue weighted by molar-refractivity contribution is 6.00. The lowest BCUT2D eigenvalue weighted by atomic mass is 10.1. The number of carbonyl (C=O) groups excluding carboxylic acids is 3. The van der Waals surface area contributed by atoms with E-state index in [4.69, 9.17) is 9.47 Å². The zero-order chi connectivity index (χ0) is 23.4. The first kappa shape index (κ1) is 23.4. The standard InChI is InChI=1S/C24H31N3O5/c1-14(2)32-23(29)21-16(4)22(25-17(21)5)24(30)31-13-20(28)26-19-9-8-18(12-15(19)3)27-10-6-7-11-27/h8-9,12,14,25H,6-7,10-11,13H2,1-5H3,(H,26,28). The number of esters is 2. The second-order valence-electron chi connectivity index (χ2n) is 8.40. The molecule has 1 aliphatic heterocycles. The Balaban J connectivity index is 1.59. The molecule has 1 aromatic carbocycles. The van der Waals surface area contributed by atoms with Crippen LogP contribution >= 0.6 is 0 Å². The van der Waals surface area contributed by atoms with Crippen molar-refractivity contribution in [1.82, 2.24) is 4.98 Å². The number of anilines is 2. The minimum absolute atomic E-state index is 0.136. The number of aryl methyl sites for hydroxylation is 2. The molecule has 1 aromatic heterocycles. The van der Waals surface area contributed by atoms with Gasteiger partial charge in [0.1, 0.15) is 5.69 Å². The zero-order valence-electron chi connectivity index (χ0n) is 19.3. The number of aromatic nitrogens is 1. The molecule has 3 rings (SSSR count). The summed E-state index contributed by atoms with van der Waals surface area (Å²) in [6.07, 6.45) is 2.12. The first-order valence-corrected chi connectivity index (χ1v) is 10.9. The molecule has 1 fully saturated rings. The fourth-order valence-corrected chi connectivity index (χ4v) is 3.88. The van der Waals surface area contributed by atoms with Crippen LogP contribution in [0.3, 0.4) is 0 Å². The lowest BCUT2D eigenvalue weighted by molar-refractivity contribution is -0.119. The van der Waals surface area contributed by atoms with Gasteiger partial charge in [0.15, 0.2) is 6.61 Å². The van der Waals surface area contributed by atoms with E-state index < -0.39 is 24.5 Å². The molecule has 0 bridgehead atoms. The van der Waals surface area contributed by atoms with E-state index in [0.29, 0.717) is 22.5 Å². The van der Waals surface area contributed by atoms with Gasteiger partial charge in [0.05, 0.1) is 11.7 Å². The Morgan fingerprint density at radius 2 is 1.78 bits per heavy atom. The highest BCUT2D eigenvalue weighted by atomic mass is 16.5. The number of nitrogens with zero attached hydrogens (tertiary/aromatic N) is 1. The van der Waals surface area contributed by atoms with Crippen molar-refractivity contribution in [2.24, 2.45) is 0 Å². The number of amides is 1. The molecule has 0 aliphatic carbocycles. The van der Waals surface area contributed by atoms with Crippen molar-refractivity contribution in [3.05, 3.63) is 46.3 Å². The van der Waals surface area contributed by atoms with Gasteiger partial charge in [0, 0.05) is 30.2 Å². The molecule has 2 aromatic rings. The van der Waals surface area contributed by atoms with Crippen LogP contribution in [0.4, 0.5) is 11.4 Å². The summed E-state index contributed by atoms with van der Waals surface area (Å²) in [7, 11) is 0. The number of rotatable bonds is 7. The van der Waals surface area contributed by atoms with E-state index in [9.17, 15) is 14.4 Å². The molecule has 2 N–H and O–H groups in total. The summed E-state index contributed by atoms with van der Waals surface area (Å²) in [4.78, 5) is 42.3. The molecule has 8 heteroatoms. The van der Waals surface area contributed by atoms with Gasteiger partial charge in [0.2, 0.25) is 0 Å². The van der Waals surface area contributed by atoms with Gasteiger partial charge in [-0.2, -0.15) is 0 Å². The fraction of sp³-hybridized carbons (Fsp3) is 0.458. The van der Waals surface area contributed by atoms with Gasteiger partial charge in [-0.15, -0.1) is 0 Å². The number of hydrogen-bond acceptors (Lipinski definition) is 6. The Kier molecular flexibility index (Phi) is 7.22. The molecule has 0 spiro atoms. The maximum Gasteiger partial charge on any atom is 0.355 e. The van der Waals surface area contributed by atoms with Gasteiger partial charge in [-0.1, -0.05) is 0 Å². The largest absolute Gasteiger partial charge is 0.459 e. The number of carbonyl (C=O) groups is 3. The quantitative estimate of drug-likeness (QED) is 0.632. The third-order valence-electron chi connectivity index (χ3n) is 5.48. The van der Waals surface area contributed by atoms with E-state index >= 15 is 0 Å². The van der Waals surface area contributed by atoms with Crippen molar-refractivity contribution < 1.29 is 23.9 Å².